The Morgan fingerprint density at radius 1 is 1.04 bits per heavy atom. The summed E-state index contributed by atoms with van der Waals surface area (Å²) in [6, 6.07) is 14.9. The van der Waals surface area contributed by atoms with Crippen LogP contribution in [0.25, 0.3) is 5.69 Å². The second kappa shape index (κ2) is 7.76. The van der Waals surface area contributed by atoms with Crippen LogP contribution in [-0.2, 0) is 11.8 Å². The molecule has 0 saturated heterocycles. The molecule has 0 spiro atoms. The van der Waals surface area contributed by atoms with Gasteiger partial charge in [0.25, 0.3) is 5.56 Å². The van der Waals surface area contributed by atoms with E-state index in [0.717, 1.165) is 16.9 Å². The van der Waals surface area contributed by atoms with Crippen LogP contribution in [-0.4, -0.2) is 21.3 Å². The maximum absolute atomic E-state index is 12.9. The summed E-state index contributed by atoms with van der Waals surface area (Å²) < 4.78 is 3.29. The lowest BCUT2D eigenvalue weighted by Crippen LogP contribution is -2.34. The number of carbonyl (C=O) groups is 1. The third-order valence-corrected chi connectivity index (χ3v) is 4.95. The molecule has 3 rings (SSSR count). The summed E-state index contributed by atoms with van der Waals surface area (Å²) in [5.41, 5.74) is 4.63. The van der Waals surface area contributed by atoms with E-state index in [0.29, 0.717) is 11.4 Å². The Hall–Kier alpha value is -3.28. The molecule has 0 aliphatic heterocycles. The summed E-state index contributed by atoms with van der Waals surface area (Å²) in [6.07, 6.45) is 0. The Kier molecular flexibility index (Phi) is 5.40. The third kappa shape index (κ3) is 3.71. The summed E-state index contributed by atoms with van der Waals surface area (Å²) in [4.78, 5) is 25.7. The smallest absolute Gasteiger partial charge is 0.295 e. The van der Waals surface area contributed by atoms with Gasteiger partial charge >= 0.3 is 0 Å². The van der Waals surface area contributed by atoms with Crippen molar-refractivity contribution in [1.29, 1.82) is 0 Å². The number of rotatable bonds is 5. The van der Waals surface area contributed by atoms with Gasteiger partial charge in [0.15, 0.2) is 0 Å². The first kappa shape index (κ1) is 19.5. The Balaban J connectivity index is 1.83. The lowest BCUT2D eigenvalue weighted by Gasteiger charge is -2.17. The van der Waals surface area contributed by atoms with E-state index in [2.05, 4.69) is 16.7 Å². The Morgan fingerprint density at radius 3 is 2.36 bits per heavy atom. The molecule has 0 aliphatic rings. The highest BCUT2D eigenvalue weighted by molar-refractivity contribution is 5.96. The number of aromatic nitrogens is 2. The Bertz CT molecular complexity index is 1060. The summed E-state index contributed by atoms with van der Waals surface area (Å²) in [6.45, 7) is 7.63. The molecule has 1 aromatic heterocycles. The topological polar surface area (TPSA) is 68.1 Å². The minimum absolute atomic E-state index is 0.252. The number of benzene rings is 2. The number of nitrogens with zero attached hydrogens (tertiary/aromatic N) is 2. The van der Waals surface area contributed by atoms with Gasteiger partial charge in [0.05, 0.1) is 11.4 Å². The number of hydrogen-bond acceptors (Lipinski definition) is 3. The number of anilines is 2. The van der Waals surface area contributed by atoms with Gasteiger partial charge in [-0.15, -0.1) is 0 Å². The number of para-hydroxylation sites is 1. The van der Waals surface area contributed by atoms with Gasteiger partial charge in [-0.25, -0.2) is 4.68 Å². The first-order chi connectivity index (χ1) is 13.3. The second-order valence-electron chi connectivity index (χ2n) is 7.11. The number of hydrogen-bond donors (Lipinski definition) is 2. The molecule has 28 heavy (non-hydrogen) atoms. The average Bonchev–Trinajstić information content (AvgIpc) is 2.88. The van der Waals surface area contributed by atoms with Crippen molar-refractivity contribution in [2.75, 3.05) is 10.6 Å². The normalized spacial score (nSPS) is 11.9. The van der Waals surface area contributed by atoms with E-state index < -0.39 is 6.04 Å². The highest BCUT2D eigenvalue weighted by atomic mass is 16.2. The van der Waals surface area contributed by atoms with Crippen LogP contribution in [0.3, 0.4) is 0 Å². The molecule has 6 heteroatoms. The van der Waals surface area contributed by atoms with Crippen molar-refractivity contribution in [3.63, 3.8) is 0 Å². The van der Waals surface area contributed by atoms with Crippen LogP contribution in [0.4, 0.5) is 11.4 Å². The van der Waals surface area contributed by atoms with E-state index in [1.165, 1.54) is 5.56 Å². The molecule has 1 heterocycles. The highest BCUT2D eigenvalue weighted by Gasteiger charge is 2.21. The maximum Gasteiger partial charge on any atom is 0.295 e. The number of nitrogens with one attached hydrogen (secondary N) is 2. The minimum atomic E-state index is -0.495. The van der Waals surface area contributed by atoms with Crippen molar-refractivity contribution >= 4 is 17.3 Å². The quantitative estimate of drug-likeness (QED) is 0.714. The van der Waals surface area contributed by atoms with Gasteiger partial charge in [0, 0.05) is 12.7 Å². The van der Waals surface area contributed by atoms with Gasteiger partial charge < -0.3 is 10.6 Å². The van der Waals surface area contributed by atoms with Crippen LogP contribution in [0, 0.1) is 20.8 Å². The molecule has 0 aliphatic carbocycles. The van der Waals surface area contributed by atoms with Crippen LogP contribution < -0.4 is 16.2 Å². The SMILES string of the molecule is Cc1ccc(NC(C)C(=O)Nc2c(C)n(C)n(-c3ccccc3)c2=O)c(C)c1. The van der Waals surface area contributed by atoms with Crippen molar-refractivity contribution in [2.24, 2.45) is 7.05 Å². The Labute approximate surface area is 164 Å². The number of aryl methyl sites for hydroxylation is 2. The molecule has 3 aromatic rings. The van der Waals surface area contributed by atoms with Crippen LogP contribution >= 0.6 is 0 Å². The monoisotopic (exact) mass is 378 g/mol. The molecule has 2 aromatic carbocycles. The van der Waals surface area contributed by atoms with E-state index in [1.54, 1.807) is 23.3 Å². The van der Waals surface area contributed by atoms with Gasteiger partial charge in [-0.2, -0.15) is 0 Å². The summed E-state index contributed by atoms with van der Waals surface area (Å²) in [5.74, 6) is -0.258. The molecule has 0 radical (unpaired) electrons. The first-order valence-electron chi connectivity index (χ1n) is 9.28. The molecular formula is C22H26N4O2. The lowest BCUT2D eigenvalue weighted by atomic mass is 10.1. The van der Waals surface area contributed by atoms with Crippen molar-refractivity contribution in [3.8, 4) is 5.69 Å². The van der Waals surface area contributed by atoms with E-state index >= 15 is 0 Å². The maximum atomic E-state index is 12.9. The second-order valence-corrected chi connectivity index (χ2v) is 7.11. The molecule has 6 nitrogen and oxygen atoms in total. The van der Waals surface area contributed by atoms with Crippen LogP contribution in [0.1, 0.15) is 23.7 Å². The summed E-state index contributed by atoms with van der Waals surface area (Å²) in [7, 11) is 1.80. The van der Waals surface area contributed by atoms with Crippen LogP contribution in [0.15, 0.2) is 53.3 Å². The van der Waals surface area contributed by atoms with Gasteiger partial charge in [0.1, 0.15) is 11.7 Å². The van der Waals surface area contributed by atoms with Crippen molar-refractivity contribution in [2.45, 2.75) is 33.7 Å². The molecule has 1 atom stereocenters. The fraction of sp³-hybridized carbons (Fsp3) is 0.273. The zero-order valence-electron chi connectivity index (χ0n) is 16.9. The fourth-order valence-corrected chi connectivity index (χ4v) is 3.22. The fourth-order valence-electron chi connectivity index (χ4n) is 3.22. The molecule has 146 valence electrons. The van der Waals surface area contributed by atoms with E-state index in [9.17, 15) is 9.59 Å². The van der Waals surface area contributed by atoms with E-state index in [-0.39, 0.29) is 11.5 Å². The molecule has 0 bridgehead atoms. The van der Waals surface area contributed by atoms with Crippen molar-refractivity contribution in [1.82, 2.24) is 9.36 Å². The van der Waals surface area contributed by atoms with Crippen LogP contribution in [0.5, 0.6) is 0 Å². The number of amides is 1. The Morgan fingerprint density at radius 2 is 1.71 bits per heavy atom. The summed E-state index contributed by atoms with van der Waals surface area (Å²) >= 11 is 0. The molecule has 1 unspecified atom stereocenters. The third-order valence-electron chi connectivity index (χ3n) is 4.95. The zero-order valence-corrected chi connectivity index (χ0v) is 16.9. The molecular weight excluding hydrogens is 352 g/mol. The minimum Gasteiger partial charge on any atom is -0.374 e. The lowest BCUT2D eigenvalue weighted by molar-refractivity contribution is -0.116. The van der Waals surface area contributed by atoms with Gasteiger partial charge in [0.2, 0.25) is 5.91 Å². The van der Waals surface area contributed by atoms with Gasteiger partial charge in [-0.05, 0) is 51.5 Å². The molecule has 0 saturated carbocycles. The average molecular weight is 378 g/mol. The standard InChI is InChI=1S/C22H26N4O2/c1-14-11-12-19(15(2)13-14)23-16(3)21(27)24-20-17(4)25(5)26(22(20)28)18-9-7-6-8-10-18/h6-13,16,23H,1-5H3,(H,24,27). The first-order valence-corrected chi connectivity index (χ1v) is 9.28. The molecule has 2 N–H and O–H groups in total. The predicted octanol–water partition coefficient (Wildman–Crippen LogP) is 3.54. The van der Waals surface area contributed by atoms with E-state index in [4.69, 9.17) is 0 Å². The van der Waals surface area contributed by atoms with E-state index in [1.807, 2.05) is 63.2 Å². The zero-order chi connectivity index (χ0) is 20.4. The van der Waals surface area contributed by atoms with Crippen molar-refractivity contribution in [3.05, 3.63) is 75.7 Å². The number of carbonyl (C=O) groups excluding carboxylic acids is 1. The highest BCUT2D eigenvalue weighted by Crippen LogP contribution is 2.18. The largest absolute Gasteiger partial charge is 0.374 e. The van der Waals surface area contributed by atoms with Gasteiger partial charge in [-0.1, -0.05) is 35.9 Å². The molecule has 1 amide bonds. The summed E-state index contributed by atoms with van der Waals surface area (Å²) in [5, 5.41) is 6.03. The van der Waals surface area contributed by atoms with Crippen molar-refractivity contribution < 1.29 is 4.79 Å². The predicted molar refractivity (Wildman–Crippen MR) is 113 cm³/mol. The van der Waals surface area contributed by atoms with Gasteiger partial charge in [-0.3, -0.25) is 14.3 Å². The molecule has 0 fully saturated rings. The van der Waals surface area contributed by atoms with Crippen LogP contribution in [0.2, 0.25) is 0 Å².